The molecule has 2 aliphatic rings. The monoisotopic (exact) mass is 387 g/mol. The van der Waals surface area contributed by atoms with E-state index in [9.17, 15) is 13.2 Å². The van der Waals surface area contributed by atoms with Gasteiger partial charge in [-0.25, -0.2) is 8.42 Å². The van der Waals surface area contributed by atoms with Crippen molar-refractivity contribution in [2.24, 2.45) is 0 Å². The van der Waals surface area contributed by atoms with Crippen molar-refractivity contribution < 1.29 is 13.2 Å². The van der Waals surface area contributed by atoms with Crippen molar-refractivity contribution in [1.82, 2.24) is 14.5 Å². The molecular formula is C17H26ClN3O3S. The summed E-state index contributed by atoms with van der Waals surface area (Å²) >= 11 is 0. The summed E-state index contributed by atoms with van der Waals surface area (Å²) in [6.45, 7) is 4.48. The Bertz CT molecular complexity index is 684. The second-order valence-electron chi connectivity index (χ2n) is 6.58. The average molecular weight is 388 g/mol. The van der Waals surface area contributed by atoms with Gasteiger partial charge in [0.05, 0.1) is 4.90 Å². The fraction of sp³-hybridized carbons (Fsp3) is 0.588. The number of hydrogen-bond donors (Lipinski definition) is 1. The van der Waals surface area contributed by atoms with Crippen LogP contribution in [0.4, 0.5) is 0 Å². The van der Waals surface area contributed by atoms with Gasteiger partial charge in [-0.05, 0) is 31.9 Å². The van der Waals surface area contributed by atoms with E-state index in [0.717, 1.165) is 19.4 Å². The largest absolute Gasteiger partial charge is 0.338 e. The maximum Gasteiger partial charge on any atom is 0.243 e. The van der Waals surface area contributed by atoms with Gasteiger partial charge in [-0.15, -0.1) is 12.4 Å². The molecule has 25 heavy (non-hydrogen) atoms. The molecule has 140 valence electrons. The molecule has 0 aliphatic carbocycles. The summed E-state index contributed by atoms with van der Waals surface area (Å²) in [6.07, 6.45) is 2.29. The van der Waals surface area contributed by atoms with Crippen LogP contribution in [-0.4, -0.2) is 61.8 Å². The van der Waals surface area contributed by atoms with E-state index in [0.29, 0.717) is 26.1 Å². The smallest absolute Gasteiger partial charge is 0.243 e. The van der Waals surface area contributed by atoms with Gasteiger partial charge in [-0.2, -0.15) is 4.31 Å². The minimum Gasteiger partial charge on any atom is -0.338 e. The lowest BCUT2D eigenvalue weighted by Gasteiger charge is -2.39. The molecule has 0 spiro atoms. The number of amides is 1. The van der Waals surface area contributed by atoms with Crippen molar-refractivity contribution in [1.29, 1.82) is 0 Å². The molecule has 2 atom stereocenters. The van der Waals surface area contributed by atoms with Crippen molar-refractivity contribution in [3.8, 4) is 0 Å². The van der Waals surface area contributed by atoms with Crippen LogP contribution in [0.25, 0.3) is 0 Å². The van der Waals surface area contributed by atoms with Crippen molar-refractivity contribution in [2.75, 3.05) is 26.2 Å². The predicted molar refractivity (Wildman–Crippen MR) is 99.3 cm³/mol. The normalized spacial score (nSPS) is 25.2. The number of hydrogen-bond acceptors (Lipinski definition) is 4. The lowest BCUT2D eigenvalue weighted by molar-refractivity contribution is -0.137. The zero-order valence-corrected chi connectivity index (χ0v) is 16.1. The second-order valence-corrected chi connectivity index (χ2v) is 8.47. The molecule has 0 bridgehead atoms. The van der Waals surface area contributed by atoms with Crippen molar-refractivity contribution >= 4 is 28.3 Å². The van der Waals surface area contributed by atoms with Gasteiger partial charge in [0, 0.05) is 32.2 Å². The Morgan fingerprint density at radius 1 is 1.16 bits per heavy atom. The van der Waals surface area contributed by atoms with E-state index in [1.165, 1.54) is 4.31 Å². The molecule has 2 aliphatic heterocycles. The minimum absolute atomic E-state index is 0. The molecular weight excluding hydrogens is 362 g/mol. The number of halogens is 1. The third-order valence-electron chi connectivity index (χ3n) is 4.77. The van der Waals surface area contributed by atoms with Gasteiger partial charge < -0.3 is 10.2 Å². The molecule has 1 aromatic rings. The van der Waals surface area contributed by atoms with Gasteiger partial charge in [0.15, 0.2) is 0 Å². The van der Waals surface area contributed by atoms with E-state index in [4.69, 9.17) is 0 Å². The first-order chi connectivity index (χ1) is 11.5. The highest BCUT2D eigenvalue weighted by Gasteiger charge is 2.39. The molecule has 3 rings (SSSR count). The number of benzene rings is 1. The Hall–Kier alpha value is -1.15. The zero-order valence-electron chi connectivity index (χ0n) is 14.4. The van der Waals surface area contributed by atoms with Crippen LogP contribution in [0, 0.1) is 0 Å². The number of sulfonamides is 1. The van der Waals surface area contributed by atoms with Crippen LogP contribution in [0.1, 0.15) is 26.2 Å². The van der Waals surface area contributed by atoms with Crippen molar-refractivity contribution in [2.45, 2.75) is 43.2 Å². The summed E-state index contributed by atoms with van der Waals surface area (Å²) in [6, 6.07) is 8.08. The Labute approximate surface area is 156 Å². The SMILES string of the molecule is CC1CN(C(=O)C2CCCCN2S(=O)(=O)c2ccccc2)CCN1.Cl. The van der Waals surface area contributed by atoms with Crippen LogP contribution in [0.15, 0.2) is 35.2 Å². The highest BCUT2D eigenvalue weighted by Crippen LogP contribution is 2.26. The summed E-state index contributed by atoms with van der Waals surface area (Å²) in [5.74, 6) is -0.0532. The second kappa shape index (κ2) is 8.49. The molecule has 2 saturated heterocycles. The average Bonchev–Trinajstić information content (AvgIpc) is 2.62. The summed E-state index contributed by atoms with van der Waals surface area (Å²) in [4.78, 5) is 15.1. The number of piperidine rings is 1. The molecule has 6 nitrogen and oxygen atoms in total. The van der Waals surface area contributed by atoms with E-state index in [-0.39, 0.29) is 29.3 Å². The first-order valence-electron chi connectivity index (χ1n) is 8.59. The Balaban J connectivity index is 0.00000225. The van der Waals surface area contributed by atoms with E-state index in [1.807, 2.05) is 11.8 Å². The summed E-state index contributed by atoms with van der Waals surface area (Å²) < 4.78 is 27.4. The quantitative estimate of drug-likeness (QED) is 0.852. The van der Waals surface area contributed by atoms with Crippen LogP contribution in [0.5, 0.6) is 0 Å². The standard InChI is InChI=1S/C17H25N3O3S.ClH/c1-14-13-19(12-10-18-14)17(21)16-9-5-6-11-20(16)24(22,23)15-7-3-2-4-8-15;/h2-4,7-8,14,16,18H,5-6,9-13H2,1H3;1H. The van der Waals surface area contributed by atoms with Crippen LogP contribution in [-0.2, 0) is 14.8 Å². The molecule has 0 aromatic heterocycles. The highest BCUT2D eigenvalue weighted by molar-refractivity contribution is 7.89. The molecule has 8 heteroatoms. The predicted octanol–water partition coefficient (Wildman–Crippen LogP) is 1.47. The number of nitrogens with zero attached hydrogens (tertiary/aromatic N) is 2. The molecule has 2 fully saturated rings. The van der Waals surface area contributed by atoms with Gasteiger partial charge in [0.25, 0.3) is 0 Å². The zero-order chi connectivity index (χ0) is 17.2. The number of carbonyl (C=O) groups excluding carboxylic acids is 1. The van der Waals surface area contributed by atoms with Gasteiger partial charge in [-0.1, -0.05) is 24.6 Å². The number of piperazine rings is 1. The van der Waals surface area contributed by atoms with Gasteiger partial charge >= 0.3 is 0 Å². The highest BCUT2D eigenvalue weighted by atomic mass is 35.5. The van der Waals surface area contributed by atoms with Crippen molar-refractivity contribution in [3.63, 3.8) is 0 Å². The lowest BCUT2D eigenvalue weighted by Crippen LogP contribution is -2.58. The Morgan fingerprint density at radius 2 is 1.88 bits per heavy atom. The third-order valence-corrected chi connectivity index (χ3v) is 6.69. The molecule has 2 unspecified atom stereocenters. The summed E-state index contributed by atoms with van der Waals surface area (Å²) in [5, 5.41) is 3.31. The summed E-state index contributed by atoms with van der Waals surface area (Å²) in [5.41, 5.74) is 0. The van der Waals surface area contributed by atoms with E-state index in [1.54, 1.807) is 30.3 Å². The van der Waals surface area contributed by atoms with E-state index in [2.05, 4.69) is 5.32 Å². The maximum atomic E-state index is 13.0. The topological polar surface area (TPSA) is 69.7 Å². The van der Waals surface area contributed by atoms with Crippen LogP contribution >= 0.6 is 12.4 Å². The van der Waals surface area contributed by atoms with E-state index < -0.39 is 16.1 Å². The molecule has 1 amide bonds. The fourth-order valence-electron chi connectivity index (χ4n) is 3.51. The van der Waals surface area contributed by atoms with E-state index >= 15 is 0 Å². The number of rotatable bonds is 3. The number of carbonyl (C=O) groups is 1. The van der Waals surface area contributed by atoms with Crippen LogP contribution in [0.3, 0.4) is 0 Å². The van der Waals surface area contributed by atoms with Gasteiger partial charge in [-0.3, -0.25) is 4.79 Å². The van der Waals surface area contributed by atoms with Gasteiger partial charge in [0.2, 0.25) is 15.9 Å². The molecule has 1 N–H and O–H groups in total. The van der Waals surface area contributed by atoms with Crippen LogP contribution in [0.2, 0.25) is 0 Å². The fourth-order valence-corrected chi connectivity index (χ4v) is 5.18. The molecule has 0 radical (unpaired) electrons. The summed E-state index contributed by atoms with van der Waals surface area (Å²) in [7, 11) is -3.64. The van der Waals surface area contributed by atoms with Crippen molar-refractivity contribution in [3.05, 3.63) is 30.3 Å². The first-order valence-corrected chi connectivity index (χ1v) is 10.0. The van der Waals surface area contributed by atoms with Gasteiger partial charge in [0.1, 0.15) is 6.04 Å². The number of nitrogens with one attached hydrogen (secondary N) is 1. The Morgan fingerprint density at radius 3 is 2.56 bits per heavy atom. The van der Waals surface area contributed by atoms with Crippen LogP contribution < -0.4 is 5.32 Å². The maximum absolute atomic E-state index is 13.0. The molecule has 0 saturated carbocycles. The molecule has 2 heterocycles. The lowest BCUT2D eigenvalue weighted by atomic mass is 10.0. The molecule has 1 aromatic carbocycles. The minimum atomic E-state index is -3.64. The first kappa shape index (κ1) is 20.2. The third kappa shape index (κ3) is 4.34. The Kier molecular flexibility index (Phi) is 6.85.